The summed E-state index contributed by atoms with van der Waals surface area (Å²) in [5, 5.41) is 16.2. The maximum absolute atomic E-state index is 9.13. The lowest BCUT2D eigenvalue weighted by atomic mass is 9.95. The molecule has 1 aliphatic carbocycles. The predicted octanol–water partition coefficient (Wildman–Crippen LogP) is 4.49. The molecule has 1 saturated carbocycles. The Kier molecular flexibility index (Phi) is 9.78. The Hall–Kier alpha value is -0.570. The van der Waals surface area contributed by atoms with Crippen LogP contribution in [0.1, 0.15) is 84.0 Å². The fraction of sp³-hybridized carbons (Fsp3) is 0.938. The van der Waals surface area contributed by atoms with Gasteiger partial charge < -0.3 is 10.5 Å². The normalized spacial score (nSPS) is 23.2. The van der Waals surface area contributed by atoms with Crippen LogP contribution in [-0.4, -0.2) is 23.5 Å². The van der Waals surface area contributed by atoms with Crippen molar-refractivity contribution in [2.24, 2.45) is 5.16 Å². The zero-order valence-corrected chi connectivity index (χ0v) is 12.7. The molecule has 1 atom stereocenters. The van der Waals surface area contributed by atoms with Crippen molar-refractivity contribution in [3.63, 3.8) is 0 Å². The molecule has 0 heterocycles. The van der Waals surface area contributed by atoms with E-state index in [0.717, 1.165) is 25.1 Å². The van der Waals surface area contributed by atoms with Crippen LogP contribution in [0.2, 0.25) is 0 Å². The van der Waals surface area contributed by atoms with Gasteiger partial charge in [0.05, 0.1) is 5.71 Å². The number of hydrogen-bond donors (Lipinski definition) is 2. The summed E-state index contributed by atoms with van der Waals surface area (Å²) in [6.45, 7) is 3.32. The van der Waals surface area contributed by atoms with Crippen LogP contribution in [0.25, 0.3) is 0 Å². The summed E-state index contributed by atoms with van der Waals surface area (Å²) in [5.74, 6) is 0. The number of nitrogens with one attached hydrogen (secondary N) is 1. The Labute approximate surface area is 118 Å². The SMILES string of the molecule is CCCCCCCCN[C@@H]1CCCCCC/C1=N/O. The van der Waals surface area contributed by atoms with Crippen molar-refractivity contribution in [2.45, 2.75) is 90.0 Å². The zero-order chi connectivity index (χ0) is 13.8. The highest BCUT2D eigenvalue weighted by molar-refractivity contribution is 5.89. The lowest BCUT2D eigenvalue weighted by Crippen LogP contribution is -2.38. The van der Waals surface area contributed by atoms with Gasteiger partial charge in [-0.25, -0.2) is 0 Å². The van der Waals surface area contributed by atoms with Crippen LogP contribution >= 0.6 is 0 Å². The molecular weight excluding hydrogens is 236 g/mol. The van der Waals surface area contributed by atoms with Crippen LogP contribution in [0, 0.1) is 0 Å². The molecule has 0 aromatic carbocycles. The molecule has 3 nitrogen and oxygen atoms in total. The first-order valence-electron chi connectivity index (χ1n) is 8.32. The zero-order valence-electron chi connectivity index (χ0n) is 12.7. The molecule has 0 radical (unpaired) electrons. The quantitative estimate of drug-likeness (QED) is 0.387. The van der Waals surface area contributed by atoms with Gasteiger partial charge in [0.15, 0.2) is 0 Å². The van der Waals surface area contributed by atoms with Crippen LogP contribution < -0.4 is 5.32 Å². The Morgan fingerprint density at radius 2 is 1.79 bits per heavy atom. The van der Waals surface area contributed by atoms with Gasteiger partial charge in [-0.3, -0.25) is 0 Å². The van der Waals surface area contributed by atoms with E-state index in [4.69, 9.17) is 5.21 Å². The highest BCUT2D eigenvalue weighted by atomic mass is 16.4. The van der Waals surface area contributed by atoms with Crippen LogP contribution in [0.4, 0.5) is 0 Å². The summed E-state index contributed by atoms with van der Waals surface area (Å²) >= 11 is 0. The molecule has 19 heavy (non-hydrogen) atoms. The van der Waals surface area contributed by atoms with E-state index in [1.807, 2.05) is 0 Å². The van der Waals surface area contributed by atoms with Gasteiger partial charge >= 0.3 is 0 Å². The minimum absolute atomic E-state index is 0.320. The van der Waals surface area contributed by atoms with Gasteiger partial charge in [0.25, 0.3) is 0 Å². The van der Waals surface area contributed by atoms with Crippen molar-refractivity contribution in [1.29, 1.82) is 0 Å². The van der Waals surface area contributed by atoms with Gasteiger partial charge in [-0.2, -0.15) is 0 Å². The second kappa shape index (κ2) is 11.3. The third-order valence-electron chi connectivity index (χ3n) is 4.13. The van der Waals surface area contributed by atoms with Gasteiger partial charge in [0.2, 0.25) is 0 Å². The molecule has 112 valence electrons. The van der Waals surface area contributed by atoms with E-state index < -0.39 is 0 Å². The molecule has 0 saturated heterocycles. The van der Waals surface area contributed by atoms with E-state index in [-0.39, 0.29) is 0 Å². The van der Waals surface area contributed by atoms with Crippen LogP contribution in [0.15, 0.2) is 5.16 Å². The van der Waals surface area contributed by atoms with Gasteiger partial charge in [-0.05, 0) is 32.2 Å². The third kappa shape index (κ3) is 7.56. The molecule has 0 spiro atoms. The Bertz CT molecular complexity index is 241. The van der Waals surface area contributed by atoms with Gasteiger partial charge in [-0.1, -0.05) is 63.4 Å². The van der Waals surface area contributed by atoms with Crippen molar-refractivity contribution in [3.05, 3.63) is 0 Å². The van der Waals surface area contributed by atoms with E-state index in [2.05, 4.69) is 17.4 Å². The second-order valence-electron chi connectivity index (χ2n) is 5.82. The fourth-order valence-electron chi connectivity index (χ4n) is 2.87. The van der Waals surface area contributed by atoms with Crippen LogP contribution in [0.3, 0.4) is 0 Å². The van der Waals surface area contributed by atoms with Crippen LogP contribution in [-0.2, 0) is 0 Å². The molecule has 1 fully saturated rings. The number of unbranched alkanes of at least 4 members (excludes halogenated alkanes) is 5. The monoisotopic (exact) mass is 268 g/mol. The first-order valence-corrected chi connectivity index (χ1v) is 8.32. The summed E-state index contributed by atoms with van der Waals surface area (Å²) < 4.78 is 0. The number of nitrogens with zero attached hydrogens (tertiary/aromatic N) is 1. The average molecular weight is 268 g/mol. The van der Waals surface area contributed by atoms with Gasteiger partial charge in [0, 0.05) is 6.04 Å². The summed E-state index contributed by atoms with van der Waals surface area (Å²) in [4.78, 5) is 0. The van der Waals surface area contributed by atoms with Crippen molar-refractivity contribution < 1.29 is 5.21 Å². The summed E-state index contributed by atoms with van der Waals surface area (Å²) in [7, 11) is 0. The number of oxime groups is 1. The van der Waals surface area contributed by atoms with E-state index in [1.54, 1.807) is 0 Å². The molecule has 0 amide bonds. The smallest absolute Gasteiger partial charge is 0.0739 e. The van der Waals surface area contributed by atoms with Crippen molar-refractivity contribution in [2.75, 3.05) is 6.54 Å². The van der Waals surface area contributed by atoms with Crippen LogP contribution in [0.5, 0.6) is 0 Å². The average Bonchev–Trinajstić information content (AvgIpc) is 2.40. The van der Waals surface area contributed by atoms with Gasteiger partial charge in [-0.15, -0.1) is 0 Å². The molecule has 0 bridgehead atoms. The first kappa shape index (κ1) is 16.5. The fourth-order valence-corrected chi connectivity index (χ4v) is 2.87. The number of rotatable bonds is 8. The second-order valence-corrected chi connectivity index (χ2v) is 5.82. The first-order chi connectivity index (χ1) is 9.38. The summed E-state index contributed by atoms with van der Waals surface area (Å²) in [6, 6.07) is 0.320. The van der Waals surface area contributed by atoms with Crippen molar-refractivity contribution in [1.82, 2.24) is 5.32 Å². The highest BCUT2D eigenvalue weighted by Crippen LogP contribution is 2.16. The summed E-state index contributed by atoms with van der Waals surface area (Å²) in [6.07, 6.45) is 15.1. The standard InChI is InChI=1S/C16H32N2O/c1-2-3-4-5-8-11-14-17-15-12-9-6-7-10-13-16(15)18-19/h15,17,19H,2-14H2,1H3/b18-16-/t15-/m1/s1. The molecule has 3 heteroatoms. The lowest BCUT2D eigenvalue weighted by Gasteiger charge is -2.22. The maximum Gasteiger partial charge on any atom is 0.0739 e. The molecule has 0 aromatic rings. The van der Waals surface area contributed by atoms with Crippen molar-refractivity contribution in [3.8, 4) is 0 Å². The summed E-state index contributed by atoms with van der Waals surface area (Å²) in [5.41, 5.74) is 0.977. The lowest BCUT2D eigenvalue weighted by molar-refractivity contribution is 0.311. The Balaban J connectivity index is 2.14. The Morgan fingerprint density at radius 1 is 1.05 bits per heavy atom. The maximum atomic E-state index is 9.13. The molecule has 0 unspecified atom stereocenters. The largest absolute Gasteiger partial charge is 0.411 e. The molecule has 1 rings (SSSR count). The highest BCUT2D eigenvalue weighted by Gasteiger charge is 2.17. The minimum Gasteiger partial charge on any atom is -0.411 e. The molecule has 0 aliphatic heterocycles. The molecule has 1 aliphatic rings. The predicted molar refractivity (Wildman–Crippen MR) is 82.1 cm³/mol. The Morgan fingerprint density at radius 3 is 2.58 bits per heavy atom. The van der Waals surface area contributed by atoms with Gasteiger partial charge in [0.1, 0.15) is 0 Å². The molecular formula is C16H32N2O. The van der Waals surface area contributed by atoms with Crippen molar-refractivity contribution >= 4 is 5.71 Å². The minimum atomic E-state index is 0.320. The van der Waals surface area contributed by atoms with E-state index in [9.17, 15) is 0 Å². The molecule has 2 N–H and O–H groups in total. The van der Waals surface area contributed by atoms with E-state index >= 15 is 0 Å². The topological polar surface area (TPSA) is 44.6 Å². The van der Waals surface area contributed by atoms with E-state index in [0.29, 0.717) is 6.04 Å². The molecule has 0 aromatic heterocycles. The van der Waals surface area contributed by atoms with E-state index in [1.165, 1.54) is 64.2 Å². The third-order valence-corrected chi connectivity index (χ3v) is 4.13. The number of hydrogen-bond acceptors (Lipinski definition) is 3.